The fraction of sp³-hybridized carbons (Fsp3) is 0.231. The van der Waals surface area contributed by atoms with Gasteiger partial charge in [-0.15, -0.1) is 0 Å². The summed E-state index contributed by atoms with van der Waals surface area (Å²) < 4.78 is 5.13. The first-order valence-electron chi connectivity index (χ1n) is 5.36. The summed E-state index contributed by atoms with van der Waals surface area (Å²) in [6, 6.07) is 8.90. The van der Waals surface area contributed by atoms with E-state index in [-0.39, 0.29) is 18.7 Å². The van der Waals surface area contributed by atoms with Crippen LogP contribution in [0.5, 0.6) is 5.75 Å². The van der Waals surface area contributed by atoms with Crippen molar-refractivity contribution in [3.05, 3.63) is 35.4 Å². The zero-order valence-electron chi connectivity index (χ0n) is 10.0. The van der Waals surface area contributed by atoms with Gasteiger partial charge in [0.25, 0.3) is 5.91 Å². The minimum Gasteiger partial charge on any atom is -0.496 e. The average molecular weight is 246 g/mol. The molecule has 0 saturated carbocycles. The Morgan fingerprint density at radius 3 is 2.89 bits per heavy atom. The molecule has 1 amide bonds. The molecule has 0 unspecified atom stereocenters. The van der Waals surface area contributed by atoms with Gasteiger partial charge in [-0.2, -0.15) is 5.26 Å². The summed E-state index contributed by atoms with van der Waals surface area (Å²) in [6.45, 7) is -0.0527. The van der Waals surface area contributed by atoms with Crippen molar-refractivity contribution < 1.29 is 14.6 Å². The number of para-hydroxylation sites is 1. The van der Waals surface area contributed by atoms with E-state index < -0.39 is 5.91 Å². The lowest BCUT2D eigenvalue weighted by Gasteiger charge is -2.05. The Labute approximate surface area is 105 Å². The monoisotopic (exact) mass is 246 g/mol. The van der Waals surface area contributed by atoms with Crippen molar-refractivity contribution in [1.82, 2.24) is 5.32 Å². The first kappa shape index (κ1) is 13.7. The molecular formula is C13H14N2O3. The van der Waals surface area contributed by atoms with E-state index >= 15 is 0 Å². The van der Waals surface area contributed by atoms with E-state index in [0.717, 1.165) is 0 Å². The number of nitrogens with one attached hydrogen (secondary N) is 1. The summed E-state index contributed by atoms with van der Waals surface area (Å²) >= 11 is 0. The minimum absolute atomic E-state index is 0.0343. The lowest BCUT2D eigenvalue weighted by Crippen LogP contribution is -2.27. The van der Waals surface area contributed by atoms with E-state index in [9.17, 15) is 4.79 Å². The first-order chi connectivity index (χ1) is 8.72. The summed E-state index contributed by atoms with van der Waals surface area (Å²) in [7, 11) is 1.52. The SMILES string of the molecule is COc1ccccc1/C=C(\C#N)C(=O)NCCO. The number of carbonyl (C=O) groups excluding carboxylic acids is 1. The van der Waals surface area contributed by atoms with Gasteiger partial charge in [0, 0.05) is 12.1 Å². The summed E-state index contributed by atoms with van der Waals surface area (Å²) in [4.78, 5) is 11.6. The molecule has 1 aromatic rings. The number of nitriles is 1. The van der Waals surface area contributed by atoms with Crippen molar-refractivity contribution in [1.29, 1.82) is 5.26 Å². The molecule has 5 heteroatoms. The number of rotatable bonds is 5. The number of benzene rings is 1. The number of methoxy groups -OCH3 is 1. The van der Waals surface area contributed by atoms with Crippen LogP contribution in [0.2, 0.25) is 0 Å². The molecule has 0 spiro atoms. The number of ether oxygens (including phenoxy) is 1. The highest BCUT2D eigenvalue weighted by molar-refractivity contribution is 6.01. The van der Waals surface area contributed by atoms with Gasteiger partial charge in [0.05, 0.1) is 13.7 Å². The molecule has 0 aromatic heterocycles. The molecule has 94 valence electrons. The lowest BCUT2D eigenvalue weighted by molar-refractivity contribution is -0.117. The predicted molar refractivity (Wildman–Crippen MR) is 66.7 cm³/mol. The summed E-state index contributed by atoms with van der Waals surface area (Å²) in [5.41, 5.74) is 0.614. The van der Waals surface area contributed by atoms with Crippen LogP contribution in [0.4, 0.5) is 0 Å². The molecule has 0 fully saturated rings. The number of nitrogens with zero attached hydrogens (tertiary/aromatic N) is 1. The van der Waals surface area contributed by atoms with Gasteiger partial charge < -0.3 is 15.2 Å². The molecule has 1 aromatic carbocycles. The highest BCUT2D eigenvalue weighted by Gasteiger charge is 2.09. The van der Waals surface area contributed by atoms with Crippen LogP contribution in [0.3, 0.4) is 0 Å². The number of carbonyl (C=O) groups is 1. The third-order valence-corrected chi connectivity index (χ3v) is 2.20. The number of amides is 1. The largest absolute Gasteiger partial charge is 0.496 e. The lowest BCUT2D eigenvalue weighted by atomic mass is 10.1. The molecule has 0 aliphatic rings. The maximum absolute atomic E-state index is 11.6. The quantitative estimate of drug-likeness (QED) is 0.592. The standard InChI is InChI=1S/C13H14N2O3/c1-18-12-5-3-2-4-10(12)8-11(9-14)13(17)15-6-7-16/h2-5,8,16H,6-7H2,1H3,(H,15,17)/b11-8+. The second kappa shape index (κ2) is 7.09. The van der Waals surface area contributed by atoms with Crippen LogP contribution in [-0.4, -0.2) is 31.3 Å². The summed E-state index contributed by atoms with van der Waals surface area (Å²) in [5, 5.41) is 20.0. The number of hydrogen-bond acceptors (Lipinski definition) is 4. The molecule has 2 N–H and O–H groups in total. The van der Waals surface area contributed by atoms with Crippen LogP contribution < -0.4 is 10.1 Å². The van der Waals surface area contributed by atoms with Crippen LogP contribution in [0.1, 0.15) is 5.56 Å². The second-order valence-corrected chi connectivity index (χ2v) is 3.39. The topological polar surface area (TPSA) is 82.3 Å². The Kier molecular flexibility index (Phi) is 5.42. The van der Waals surface area contributed by atoms with Gasteiger partial charge in [-0.25, -0.2) is 0 Å². The number of aliphatic hydroxyl groups is 1. The minimum atomic E-state index is -0.516. The maximum Gasteiger partial charge on any atom is 0.262 e. The molecule has 0 radical (unpaired) electrons. The van der Waals surface area contributed by atoms with Crippen molar-refractivity contribution in [3.8, 4) is 11.8 Å². The molecular weight excluding hydrogens is 232 g/mol. The predicted octanol–water partition coefficient (Wildman–Crippen LogP) is 0.711. The van der Waals surface area contributed by atoms with E-state index in [4.69, 9.17) is 15.1 Å². The number of hydrogen-bond donors (Lipinski definition) is 2. The summed E-state index contributed by atoms with van der Waals surface area (Å²) in [6.07, 6.45) is 1.45. The molecule has 5 nitrogen and oxygen atoms in total. The molecule has 0 atom stereocenters. The Bertz CT molecular complexity index is 489. The van der Waals surface area contributed by atoms with E-state index in [1.54, 1.807) is 24.3 Å². The first-order valence-corrected chi connectivity index (χ1v) is 5.36. The van der Waals surface area contributed by atoms with E-state index in [1.807, 2.05) is 6.07 Å². The van der Waals surface area contributed by atoms with Crippen LogP contribution >= 0.6 is 0 Å². The van der Waals surface area contributed by atoms with E-state index in [2.05, 4.69) is 5.32 Å². The molecule has 18 heavy (non-hydrogen) atoms. The number of aliphatic hydroxyl groups excluding tert-OH is 1. The van der Waals surface area contributed by atoms with Crippen LogP contribution in [0, 0.1) is 11.3 Å². The second-order valence-electron chi connectivity index (χ2n) is 3.39. The smallest absolute Gasteiger partial charge is 0.262 e. The zero-order chi connectivity index (χ0) is 13.4. The summed E-state index contributed by atoms with van der Waals surface area (Å²) in [5.74, 6) is 0.0673. The fourth-order valence-electron chi connectivity index (χ4n) is 1.35. The average Bonchev–Trinajstić information content (AvgIpc) is 2.42. The van der Waals surface area contributed by atoms with Crippen LogP contribution in [0.25, 0.3) is 6.08 Å². The highest BCUT2D eigenvalue weighted by atomic mass is 16.5. The van der Waals surface area contributed by atoms with Gasteiger partial charge in [-0.3, -0.25) is 4.79 Å². The normalized spacial score (nSPS) is 10.6. The Morgan fingerprint density at radius 1 is 1.56 bits per heavy atom. The van der Waals surface area contributed by atoms with Gasteiger partial charge in [-0.05, 0) is 12.1 Å². The van der Waals surface area contributed by atoms with Gasteiger partial charge in [0.2, 0.25) is 0 Å². The third-order valence-electron chi connectivity index (χ3n) is 2.20. The zero-order valence-corrected chi connectivity index (χ0v) is 10.0. The maximum atomic E-state index is 11.6. The molecule has 0 saturated heterocycles. The van der Waals surface area contributed by atoms with Crippen LogP contribution in [0.15, 0.2) is 29.8 Å². The van der Waals surface area contributed by atoms with Crippen molar-refractivity contribution >= 4 is 12.0 Å². The van der Waals surface area contributed by atoms with Crippen molar-refractivity contribution in [2.75, 3.05) is 20.3 Å². The molecule has 0 aliphatic carbocycles. The molecule has 0 heterocycles. The molecule has 0 aliphatic heterocycles. The highest BCUT2D eigenvalue weighted by Crippen LogP contribution is 2.20. The van der Waals surface area contributed by atoms with E-state index in [0.29, 0.717) is 11.3 Å². The fourth-order valence-corrected chi connectivity index (χ4v) is 1.35. The van der Waals surface area contributed by atoms with Gasteiger partial charge >= 0.3 is 0 Å². The van der Waals surface area contributed by atoms with E-state index in [1.165, 1.54) is 13.2 Å². The van der Waals surface area contributed by atoms with Crippen molar-refractivity contribution in [3.63, 3.8) is 0 Å². The van der Waals surface area contributed by atoms with Gasteiger partial charge in [0.1, 0.15) is 17.4 Å². The van der Waals surface area contributed by atoms with Gasteiger partial charge in [0.15, 0.2) is 0 Å². The van der Waals surface area contributed by atoms with Crippen molar-refractivity contribution in [2.45, 2.75) is 0 Å². The Balaban J connectivity index is 2.97. The van der Waals surface area contributed by atoms with Crippen molar-refractivity contribution in [2.24, 2.45) is 0 Å². The third kappa shape index (κ3) is 3.61. The Morgan fingerprint density at radius 2 is 2.28 bits per heavy atom. The van der Waals surface area contributed by atoms with Gasteiger partial charge in [-0.1, -0.05) is 18.2 Å². The Hall–Kier alpha value is -2.32. The van der Waals surface area contributed by atoms with Crippen LogP contribution in [-0.2, 0) is 4.79 Å². The molecule has 0 bridgehead atoms. The molecule has 1 rings (SSSR count).